The fourth-order valence-electron chi connectivity index (χ4n) is 3.13. The number of nitrogens with zero attached hydrogens (tertiary/aromatic N) is 3. The lowest BCUT2D eigenvalue weighted by molar-refractivity contribution is 0.0726. The number of para-hydroxylation sites is 1. The van der Waals surface area contributed by atoms with Crippen LogP contribution < -0.4 is 0 Å². The summed E-state index contributed by atoms with van der Waals surface area (Å²) in [6.07, 6.45) is 4.06. The predicted octanol–water partition coefficient (Wildman–Crippen LogP) is 2.78. The van der Waals surface area contributed by atoms with Gasteiger partial charge in [0, 0.05) is 18.8 Å². The summed E-state index contributed by atoms with van der Waals surface area (Å²) in [6, 6.07) is 15.1. The highest BCUT2D eigenvalue weighted by Crippen LogP contribution is 2.24. The predicted molar refractivity (Wildman–Crippen MR) is 90.1 cm³/mol. The Kier molecular flexibility index (Phi) is 3.54. The fourth-order valence-corrected chi connectivity index (χ4v) is 3.13. The second-order valence-corrected chi connectivity index (χ2v) is 5.91. The molecule has 1 N–H and O–H groups in total. The summed E-state index contributed by atoms with van der Waals surface area (Å²) in [4.78, 5) is 18.9. The highest BCUT2D eigenvalue weighted by atomic mass is 16.3. The number of fused-ring (bicyclic) bond motifs is 1. The van der Waals surface area contributed by atoms with Gasteiger partial charge < -0.3 is 10.0 Å². The molecular weight excluding hydrogens is 302 g/mol. The first-order valence-electron chi connectivity index (χ1n) is 7.90. The Morgan fingerprint density at radius 2 is 1.92 bits per heavy atom. The van der Waals surface area contributed by atoms with Crippen LogP contribution in [0.2, 0.25) is 0 Å². The van der Waals surface area contributed by atoms with Crippen molar-refractivity contribution in [2.45, 2.75) is 13.0 Å². The molecule has 120 valence electrons. The minimum absolute atomic E-state index is 0.0506. The van der Waals surface area contributed by atoms with E-state index in [4.69, 9.17) is 0 Å². The zero-order valence-electron chi connectivity index (χ0n) is 13.1. The molecule has 1 aliphatic rings. The van der Waals surface area contributed by atoms with E-state index in [0.717, 1.165) is 17.7 Å². The largest absolute Gasteiger partial charge is 0.508 e. The summed E-state index contributed by atoms with van der Waals surface area (Å²) >= 11 is 0. The Hall–Kier alpha value is -3.08. The quantitative estimate of drug-likeness (QED) is 0.790. The van der Waals surface area contributed by atoms with Crippen LogP contribution in [-0.2, 0) is 13.0 Å². The maximum absolute atomic E-state index is 13.0. The summed E-state index contributed by atoms with van der Waals surface area (Å²) in [5.74, 6) is 0.183. The molecule has 0 unspecified atom stereocenters. The second kappa shape index (κ2) is 5.85. The lowest BCUT2D eigenvalue weighted by atomic mass is 9.99. The van der Waals surface area contributed by atoms with Crippen LogP contribution in [0.1, 0.15) is 21.6 Å². The Labute approximate surface area is 139 Å². The number of amides is 1. The molecule has 0 atom stereocenters. The van der Waals surface area contributed by atoms with E-state index in [1.165, 1.54) is 5.56 Å². The van der Waals surface area contributed by atoms with Gasteiger partial charge in [0.15, 0.2) is 0 Å². The van der Waals surface area contributed by atoms with E-state index in [0.29, 0.717) is 18.8 Å². The number of phenolic OH excluding ortho intramolecular Hbond substituents is 1. The molecule has 24 heavy (non-hydrogen) atoms. The normalized spacial score (nSPS) is 13.6. The molecule has 4 rings (SSSR count). The number of rotatable bonds is 2. The summed E-state index contributed by atoms with van der Waals surface area (Å²) in [6.45, 7) is 1.17. The van der Waals surface area contributed by atoms with Gasteiger partial charge in [-0.15, -0.1) is 0 Å². The van der Waals surface area contributed by atoms with Crippen molar-refractivity contribution < 1.29 is 9.90 Å². The lowest BCUT2D eigenvalue weighted by Gasteiger charge is -2.29. The molecule has 0 fully saturated rings. The van der Waals surface area contributed by atoms with Gasteiger partial charge in [0.1, 0.15) is 11.4 Å². The van der Waals surface area contributed by atoms with Crippen LogP contribution >= 0.6 is 0 Å². The Morgan fingerprint density at radius 1 is 1.08 bits per heavy atom. The van der Waals surface area contributed by atoms with Crippen molar-refractivity contribution >= 4 is 5.91 Å². The summed E-state index contributed by atoms with van der Waals surface area (Å²) in [7, 11) is 0. The van der Waals surface area contributed by atoms with Gasteiger partial charge in [0.05, 0.1) is 12.5 Å². The molecule has 2 heterocycles. The van der Waals surface area contributed by atoms with Crippen LogP contribution in [0, 0.1) is 0 Å². The van der Waals surface area contributed by atoms with E-state index in [-0.39, 0.29) is 11.7 Å². The van der Waals surface area contributed by atoms with Gasteiger partial charge in [-0.2, -0.15) is 0 Å². The summed E-state index contributed by atoms with van der Waals surface area (Å²) < 4.78 is 1.81. The second-order valence-electron chi connectivity index (χ2n) is 5.91. The maximum Gasteiger partial charge on any atom is 0.272 e. The van der Waals surface area contributed by atoms with Crippen molar-refractivity contribution in [2.75, 3.05) is 6.54 Å². The van der Waals surface area contributed by atoms with Crippen LogP contribution in [0.15, 0.2) is 61.1 Å². The first-order chi connectivity index (χ1) is 11.7. The Bertz CT molecular complexity index is 887. The minimum atomic E-state index is -0.0506. The number of hydrogen-bond donors (Lipinski definition) is 1. The van der Waals surface area contributed by atoms with E-state index in [2.05, 4.69) is 4.98 Å². The topological polar surface area (TPSA) is 58.4 Å². The van der Waals surface area contributed by atoms with Crippen molar-refractivity contribution in [2.24, 2.45) is 0 Å². The third-order valence-corrected chi connectivity index (χ3v) is 4.38. The molecule has 0 aliphatic carbocycles. The molecule has 1 amide bonds. The third-order valence-electron chi connectivity index (χ3n) is 4.38. The SMILES string of the molecule is O=C(c1cncn1-c1ccccc1)N1CCc2ccc(O)cc2C1. The molecule has 1 aromatic heterocycles. The number of carbonyl (C=O) groups is 1. The van der Waals surface area contributed by atoms with Gasteiger partial charge in [-0.1, -0.05) is 24.3 Å². The molecule has 3 aromatic rings. The first-order valence-corrected chi connectivity index (χ1v) is 7.90. The molecule has 0 bridgehead atoms. The molecule has 5 heteroatoms. The maximum atomic E-state index is 13.0. The zero-order valence-corrected chi connectivity index (χ0v) is 13.1. The van der Waals surface area contributed by atoms with E-state index >= 15 is 0 Å². The summed E-state index contributed by atoms with van der Waals surface area (Å²) in [5.41, 5.74) is 3.65. The lowest BCUT2D eigenvalue weighted by Crippen LogP contribution is -2.36. The number of aromatic hydroxyl groups is 1. The molecule has 0 radical (unpaired) electrons. The van der Waals surface area contributed by atoms with Gasteiger partial charge in [-0.25, -0.2) is 4.98 Å². The smallest absolute Gasteiger partial charge is 0.272 e. The van der Waals surface area contributed by atoms with Crippen LogP contribution in [-0.4, -0.2) is 32.0 Å². The van der Waals surface area contributed by atoms with Crippen molar-refractivity contribution in [1.29, 1.82) is 0 Å². The number of benzene rings is 2. The van der Waals surface area contributed by atoms with Crippen LogP contribution in [0.4, 0.5) is 0 Å². The number of hydrogen-bond acceptors (Lipinski definition) is 3. The Morgan fingerprint density at radius 3 is 2.75 bits per heavy atom. The van der Waals surface area contributed by atoms with E-state index in [1.807, 2.05) is 36.4 Å². The van der Waals surface area contributed by atoms with Crippen LogP contribution in [0.3, 0.4) is 0 Å². The van der Waals surface area contributed by atoms with E-state index in [1.54, 1.807) is 34.1 Å². The molecule has 0 saturated heterocycles. The van der Waals surface area contributed by atoms with Crippen LogP contribution in [0.5, 0.6) is 5.75 Å². The molecule has 0 spiro atoms. The summed E-state index contributed by atoms with van der Waals surface area (Å²) in [5, 5.41) is 9.67. The highest BCUT2D eigenvalue weighted by molar-refractivity contribution is 5.93. The van der Waals surface area contributed by atoms with Crippen LogP contribution in [0.25, 0.3) is 5.69 Å². The van der Waals surface area contributed by atoms with Gasteiger partial charge in [0.25, 0.3) is 5.91 Å². The van der Waals surface area contributed by atoms with Gasteiger partial charge in [-0.3, -0.25) is 9.36 Å². The monoisotopic (exact) mass is 319 g/mol. The third kappa shape index (κ3) is 2.54. The number of phenols is 1. The first kappa shape index (κ1) is 14.5. The standard InChI is InChI=1S/C19H17N3O2/c23-17-7-6-14-8-9-21(12-15(14)10-17)19(24)18-11-20-13-22(18)16-4-2-1-3-5-16/h1-7,10-11,13,23H,8-9,12H2. The molecular formula is C19H17N3O2. The molecule has 1 aliphatic heterocycles. The molecule has 0 saturated carbocycles. The number of imidazole rings is 1. The van der Waals surface area contributed by atoms with Gasteiger partial charge in [-0.05, 0) is 41.8 Å². The average Bonchev–Trinajstić information content (AvgIpc) is 3.11. The molecule has 5 nitrogen and oxygen atoms in total. The van der Waals surface area contributed by atoms with Crippen molar-refractivity contribution in [1.82, 2.24) is 14.5 Å². The average molecular weight is 319 g/mol. The highest BCUT2D eigenvalue weighted by Gasteiger charge is 2.24. The van der Waals surface area contributed by atoms with Gasteiger partial charge in [0.2, 0.25) is 0 Å². The zero-order chi connectivity index (χ0) is 16.5. The number of aromatic nitrogens is 2. The van der Waals surface area contributed by atoms with E-state index < -0.39 is 0 Å². The fraction of sp³-hybridized carbons (Fsp3) is 0.158. The molecule has 2 aromatic carbocycles. The van der Waals surface area contributed by atoms with Crippen molar-refractivity contribution in [3.05, 3.63) is 77.9 Å². The minimum Gasteiger partial charge on any atom is -0.508 e. The van der Waals surface area contributed by atoms with E-state index in [9.17, 15) is 9.90 Å². The number of carbonyl (C=O) groups excluding carboxylic acids is 1. The van der Waals surface area contributed by atoms with Crippen molar-refractivity contribution in [3.8, 4) is 11.4 Å². The van der Waals surface area contributed by atoms with Gasteiger partial charge >= 0.3 is 0 Å². The Balaban J connectivity index is 1.63. The van der Waals surface area contributed by atoms with Crippen molar-refractivity contribution in [3.63, 3.8) is 0 Å².